The van der Waals surface area contributed by atoms with Crippen molar-refractivity contribution in [3.05, 3.63) is 17.3 Å². The van der Waals surface area contributed by atoms with E-state index in [4.69, 9.17) is 4.42 Å². The minimum atomic E-state index is -4.44. The van der Waals surface area contributed by atoms with Crippen LogP contribution < -0.4 is 5.32 Å². The first kappa shape index (κ1) is 10.0. The minimum absolute atomic E-state index is 0.0235. The summed E-state index contributed by atoms with van der Waals surface area (Å²) in [6.45, 7) is 1.41. The van der Waals surface area contributed by atoms with E-state index < -0.39 is 11.9 Å². The monoisotopic (exact) mass is 194 g/mol. The third-order valence-electron chi connectivity index (χ3n) is 1.41. The summed E-state index contributed by atoms with van der Waals surface area (Å²) in [7, 11) is 1.54. The zero-order valence-corrected chi connectivity index (χ0v) is 7.20. The van der Waals surface area contributed by atoms with Crippen LogP contribution in [-0.4, -0.2) is 12.0 Å². The maximum atomic E-state index is 12.2. The van der Waals surface area contributed by atoms with E-state index in [1.54, 1.807) is 0 Å². The summed E-state index contributed by atoms with van der Waals surface area (Å²) in [5.74, 6) is -0.148. The molecular formula is C7H9F3N2O. The summed E-state index contributed by atoms with van der Waals surface area (Å²) in [5, 5.41) is 2.58. The van der Waals surface area contributed by atoms with E-state index in [0.29, 0.717) is 0 Å². The van der Waals surface area contributed by atoms with Gasteiger partial charge < -0.3 is 9.73 Å². The fraction of sp³-hybridized carbons (Fsp3) is 0.571. The van der Waals surface area contributed by atoms with Gasteiger partial charge in [-0.1, -0.05) is 0 Å². The van der Waals surface area contributed by atoms with Crippen LogP contribution in [0, 0.1) is 6.92 Å². The highest BCUT2D eigenvalue weighted by molar-refractivity contribution is 5.13. The summed E-state index contributed by atoms with van der Waals surface area (Å²) in [5.41, 5.74) is -0.945. The van der Waals surface area contributed by atoms with Crippen LogP contribution in [0.4, 0.5) is 13.2 Å². The molecule has 74 valence electrons. The van der Waals surface area contributed by atoms with Crippen LogP contribution >= 0.6 is 0 Å². The van der Waals surface area contributed by atoms with Crippen molar-refractivity contribution in [3.8, 4) is 0 Å². The molecule has 1 N–H and O–H groups in total. The van der Waals surface area contributed by atoms with Crippen molar-refractivity contribution in [2.45, 2.75) is 19.6 Å². The number of aromatic nitrogens is 1. The zero-order chi connectivity index (χ0) is 10.1. The molecule has 0 fully saturated rings. The second kappa shape index (κ2) is 3.37. The molecule has 0 amide bonds. The van der Waals surface area contributed by atoms with Gasteiger partial charge in [-0.25, -0.2) is 4.98 Å². The molecule has 0 aliphatic rings. The molecule has 6 heteroatoms. The van der Waals surface area contributed by atoms with E-state index in [9.17, 15) is 13.2 Å². The lowest BCUT2D eigenvalue weighted by atomic mass is 10.3. The van der Waals surface area contributed by atoms with Crippen molar-refractivity contribution in [3.63, 3.8) is 0 Å². The van der Waals surface area contributed by atoms with E-state index >= 15 is 0 Å². The molecule has 0 aromatic carbocycles. The fourth-order valence-electron chi connectivity index (χ4n) is 0.971. The molecule has 0 atom stereocenters. The molecule has 0 saturated heterocycles. The quantitative estimate of drug-likeness (QED) is 0.778. The molecule has 0 saturated carbocycles. The number of hydrogen-bond donors (Lipinski definition) is 1. The number of alkyl halides is 3. The van der Waals surface area contributed by atoms with Crippen molar-refractivity contribution in [2.24, 2.45) is 0 Å². The molecule has 0 unspecified atom stereocenters. The van der Waals surface area contributed by atoms with Crippen LogP contribution in [0.3, 0.4) is 0 Å². The number of oxazole rings is 1. The van der Waals surface area contributed by atoms with Gasteiger partial charge in [0.15, 0.2) is 17.3 Å². The molecule has 0 radical (unpaired) electrons. The lowest BCUT2D eigenvalue weighted by molar-refractivity contribution is -0.142. The Labute approximate surface area is 73.0 Å². The smallest absolute Gasteiger partial charge is 0.436 e. The molecule has 13 heavy (non-hydrogen) atoms. The van der Waals surface area contributed by atoms with Crippen LogP contribution in [0.1, 0.15) is 17.3 Å². The van der Waals surface area contributed by atoms with E-state index in [1.165, 1.54) is 14.0 Å². The van der Waals surface area contributed by atoms with Gasteiger partial charge in [-0.15, -0.1) is 0 Å². The second-order valence-electron chi connectivity index (χ2n) is 2.53. The SMILES string of the molecule is CNCc1oc(C)nc1C(F)(F)F. The largest absolute Gasteiger partial charge is 0.444 e. The van der Waals surface area contributed by atoms with Crippen LogP contribution in [-0.2, 0) is 12.7 Å². The average Bonchev–Trinajstić information content (AvgIpc) is 2.30. The van der Waals surface area contributed by atoms with Crippen molar-refractivity contribution < 1.29 is 17.6 Å². The minimum Gasteiger partial charge on any atom is -0.444 e. The van der Waals surface area contributed by atoms with E-state index in [2.05, 4.69) is 10.3 Å². The Balaban J connectivity index is 3.04. The van der Waals surface area contributed by atoms with Crippen molar-refractivity contribution >= 4 is 0 Å². The maximum Gasteiger partial charge on any atom is 0.436 e. The molecule has 3 nitrogen and oxygen atoms in total. The number of halogens is 3. The first-order valence-electron chi connectivity index (χ1n) is 3.63. The van der Waals surface area contributed by atoms with Gasteiger partial charge in [0.1, 0.15) is 0 Å². The zero-order valence-electron chi connectivity index (χ0n) is 7.20. The van der Waals surface area contributed by atoms with Gasteiger partial charge in [0, 0.05) is 6.92 Å². The van der Waals surface area contributed by atoms with E-state index in [0.717, 1.165) is 0 Å². The van der Waals surface area contributed by atoms with Gasteiger partial charge >= 0.3 is 6.18 Å². The van der Waals surface area contributed by atoms with Gasteiger partial charge in [0.25, 0.3) is 0 Å². The van der Waals surface area contributed by atoms with Crippen LogP contribution in [0.25, 0.3) is 0 Å². The third kappa shape index (κ3) is 2.21. The second-order valence-corrected chi connectivity index (χ2v) is 2.53. The number of hydrogen-bond acceptors (Lipinski definition) is 3. The van der Waals surface area contributed by atoms with Gasteiger partial charge in [0.2, 0.25) is 0 Å². The Hall–Kier alpha value is -1.04. The fourth-order valence-corrected chi connectivity index (χ4v) is 0.971. The van der Waals surface area contributed by atoms with Crippen LogP contribution in [0.2, 0.25) is 0 Å². The molecule has 1 aromatic heterocycles. The summed E-state index contributed by atoms with van der Waals surface area (Å²) in [6, 6.07) is 0. The lowest BCUT2D eigenvalue weighted by Gasteiger charge is -2.03. The summed E-state index contributed by atoms with van der Waals surface area (Å²) < 4.78 is 41.5. The molecule has 1 heterocycles. The van der Waals surface area contributed by atoms with E-state index in [-0.39, 0.29) is 18.2 Å². The Morgan fingerprint density at radius 1 is 1.46 bits per heavy atom. The van der Waals surface area contributed by atoms with Crippen molar-refractivity contribution in [2.75, 3.05) is 7.05 Å². The molecule has 0 aliphatic carbocycles. The molecule has 0 spiro atoms. The molecule has 0 bridgehead atoms. The van der Waals surface area contributed by atoms with E-state index in [1.807, 2.05) is 0 Å². The Kier molecular flexibility index (Phi) is 2.60. The molecular weight excluding hydrogens is 185 g/mol. The number of nitrogens with one attached hydrogen (secondary N) is 1. The lowest BCUT2D eigenvalue weighted by Crippen LogP contribution is -2.13. The number of aryl methyl sites for hydroxylation is 1. The number of rotatable bonds is 2. The van der Waals surface area contributed by atoms with Crippen molar-refractivity contribution in [1.82, 2.24) is 10.3 Å². The summed E-state index contributed by atoms with van der Waals surface area (Å²) in [4.78, 5) is 3.27. The highest BCUT2D eigenvalue weighted by Crippen LogP contribution is 2.31. The standard InChI is InChI=1S/C7H9F3N2O/c1-4-12-6(7(8,9)10)5(13-4)3-11-2/h11H,3H2,1-2H3. The molecule has 1 aromatic rings. The molecule has 1 rings (SSSR count). The summed E-state index contributed by atoms with van der Waals surface area (Å²) >= 11 is 0. The van der Waals surface area contributed by atoms with Gasteiger partial charge in [-0.05, 0) is 7.05 Å². The van der Waals surface area contributed by atoms with Gasteiger partial charge in [-0.3, -0.25) is 0 Å². The maximum absolute atomic E-state index is 12.2. The topological polar surface area (TPSA) is 38.1 Å². The molecule has 0 aliphatic heterocycles. The normalized spacial score (nSPS) is 12.1. The highest BCUT2D eigenvalue weighted by atomic mass is 19.4. The Morgan fingerprint density at radius 3 is 2.54 bits per heavy atom. The van der Waals surface area contributed by atoms with Crippen LogP contribution in [0.5, 0.6) is 0 Å². The Morgan fingerprint density at radius 2 is 2.08 bits per heavy atom. The predicted octanol–water partition coefficient (Wildman–Crippen LogP) is 1.72. The predicted molar refractivity (Wildman–Crippen MR) is 39.0 cm³/mol. The average molecular weight is 194 g/mol. The number of nitrogens with zero attached hydrogens (tertiary/aromatic N) is 1. The first-order valence-corrected chi connectivity index (χ1v) is 3.63. The first-order chi connectivity index (χ1) is 5.95. The highest BCUT2D eigenvalue weighted by Gasteiger charge is 2.37. The summed E-state index contributed by atoms with van der Waals surface area (Å²) in [6.07, 6.45) is -4.44. The van der Waals surface area contributed by atoms with Crippen molar-refractivity contribution in [1.29, 1.82) is 0 Å². The van der Waals surface area contributed by atoms with Crippen LogP contribution in [0.15, 0.2) is 4.42 Å². The van der Waals surface area contributed by atoms with Gasteiger partial charge in [0.05, 0.1) is 6.54 Å². The Bertz CT molecular complexity index is 292. The van der Waals surface area contributed by atoms with Gasteiger partial charge in [-0.2, -0.15) is 13.2 Å². The third-order valence-corrected chi connectivity index (χ3v) is 1.41.